The molecule has 0 bridgehead atoms. The molecule has 2 aromatic rings. The van der Waals surface area contributed by atoms with Gasteiger partial charge in [-0.2, -0.15) is 0 Å². The summed E-state index contributed by atoms with van der Waals surface area (Å²) in [4.78, 5) is 12.7. The van der Waals surface area contributed by atoms with Crippen molar-refractivity contribution in [3.8, 4) is 23.0 Å². The number of hydrogen-bond acceptors (Lipinski definition) is 6. The standard InChI is InChI=1S/C20H20O6/c1-20(2)17(24)7-12-16(26-20)9-14(23)18-13(22)8-15(25-19(12)18)10-3-5-11(21)6-4-10/h3-6,9,15,17,21,23-24H,7-8H2,1-2H3/t15-,17+/m0/s1. The molecule has 2 atom stereocenters. The quantitative estimate of drug-likeness (QED) is 0.727. The van der Waals surface area contributed by atoms with Gasteiger partial charge in [0.1, 0.15) is 40.3 Å². The van der Waals surface area contributed by atoms with Crippen LogP contribution in [0.25, 0.3) is 0 Å². The van der Waals surface area contributed by atoms with Gasteiger partial charge in [0.2, 0.25) is 0 Å². The molecule has 0 amide bonds. The highest BCUT2D eigenvalue weighted by atomic mass is 16.5. The van der Waals surface area contributed by atoms with Gasteiger partial charge >= 0.3 is 0 Å². The number of ether oxygens (including phenoxy) is 2. The van der Waals surface area contributed by atoms with Crippen molar-refractivity contribution in [1.29, 1.82) is 0 Å². The Bertz CT molecular complexity index is 884. The zero-order valence-corrected chi connectivity index (χ0v) is 14.5. The summed E-state index contributed by atoms with van der Waals surface area (Å²) in [6.07, 6.45) is -0.954. The summed E-state index contributed by atoms with van der Waals surface area (Å²) in [6.45, 7) is 3.53. The lowest BCUT2D eigenvalue weighted by molar-refractivity contribution is -0.0423. The van der Waals surface area contributed by atoms with Crippen LogP contribution >= 0.6 is 0 Å². The van der Waals surface area contributed by atoms with Crippen LogP contribution in [0.2, 0.25) is 0 Å². The van der Waals surface area contributed by atoms with Gasteiger partial charge in [-0.05, 0) is 31.5 Å². The van der Waals surface area contributed by atoms with Gasteiger partial charge in [0.05, 0.1) is 12.5 Å². The van der Waals surface area contributed by atoms with Crippen molar-refractivity contribution in [2.75, 3.05) is 0 Å². The van der Waals surface area contributed by atoms with Crippen molar-refractivity contribution in [2.45, 2.75) is 44.5 Å². The molecule has 0 saturated heterocycles. The Morgan fingerprint density at radius 1 is 1.12 bits per heavy atom. The molecule has 0 unspecified atom stereocenters. The predicted octanol–water partition coefficient (Wildman–Crippen LogP) is 2.88. The topological polar surface area (TPSA) is 96.2 Å². The van der Waals surface area contributed by atoms with Crippen LogP contribution in [-0.2, 0) is 6.42 Å². The third kappa shape index (κ3) is 2.57. The van der Waals surface area contributed by atoms with Gasteiger partial charge in [-0.15, -0.1) is 0 Å². The monoisotopic (exact) mass is 356 g/mol. The van der Waals surface area contributed by atoms with E-state index in [-0.39, 0.29) is 41.4 Å². The number of aliphatic hydroxyl groups is 1. The van der Waals surface area contributed by atoms with Gasteiger partial charge in [0, 0.05) is 18.1 Å². The first-order chi connectivity index (χ1) is 12.3. The lowest BCUT2D eigenvalue weighted by Gasteiger charge is -2.39. The molecule has 0 fully saturated rings. The maximum atomic E-state index is 12.7. The fraction of sp³-hybridized carbons (Fsp3) is 0.350. The smallest absolute Gasteiger partial charge is 0.174 e. The molecule has 4 rings (SSSR count). The first-order valence-corrected chi connectivity index (χ1v) is 8.51. The summed E-state index contributed by atoms with van der Waals surface area (Å²) in [6, 6.07) is 7.88. The van der Waals surface area contributed by atoms with Crippen LogP contribution in [0.1, 0.15) is 47.9 Å². The second kappa shape index (κ2) is 5.64. The second-order valence-corrected chi connectivity index (χ2v) is 7.33. The molecular formula is C20H20O6. The number of aromatic hydroxyl groups is 2. The van der Waals surface area contributed by atoms with Gasteiger partial charge in [0.15, 0.2) is 5.78 Å². The molecule has 26 heavy (non-hydrogen) atoms. The van der Waals surface area contributed by atoms with Crippen LogP contribution < -0.4 is 9.47 Å². The number of fused-ring (bicyclic) bond motifs is 3. The molecular weight excluding hydrogens is 336 g/mol. The molecule has 3 N–H and O–H groups in total. The molecule has 2 aromatic carbocycles. The van der Waals surface area contributed by atoms with Crippen LogP contribution in [0.3, 0.4) is 0 Å². The molecule has 2 aliphatic heterocycles. The molecule has 0 radical (unpaired) electrons. The predicted molar refractivity (Wildman–Crippen MR) is 92.9 cm³/mol. The van der Waals surface area contributed by atoms with Gasteiger partial charge in [-0.3, -0.25) is 4.79 Å². The fourth-order valence-corrected chi connectivity index (χ4v) is 3.47. The highest BCUT2D eigenvalue weighted by Crippen LogP contribution is 2.48. The zero-order valence-electron chi connectivity index (χ0n) is 14.5. The van der Waals surface area contributed by atoms with E-state index in [1.807, 2.05) is 0 Å². The highest BCUT2D eigenvalue weighted by molar-refractivity contribution is 6.03. The van der Waals surface area contributed by atoms with Crippen molar-refractivity contribution in [1.82, 2.24) is 0 Å². The van der Waals surface area contributed by atoms with Crippen molar-refractivity contribution in [3.05, 3.63) is 47.0 Å². The Morgan fingerprint density at radius 3 is 2.50 bits per heavy atom. The Balaban J connectivity index is 1.80. The Kier molecular flexibility index (Phi) is 3.63. The summed E-state index contributed by atoms with van der Waals surface area (Å²) in [5.41, 5.74) is 0.662. The summed E-state index contributed by atoms with van der Waals surface area (Å²) >= 11 is 0. The molecule has 6 heteroatoms. The number of Topliss-reactive ketones (excluding diaryl/α,β-unsaturated/α-hetero) is 1. The second-order valence-electron chi connectivity index (χ2n) is 7.33. The Morgan fingerprint density at radius 2 is 1.81 bits per heavy atom. The molecule has 2 heterocycles. The summed E-state index contributed by atoms with van der Waals surface area (Å²) in [5.74, 6) is 0.397. The van der Waals surface area contributed by atoms with E-state index in [1.54, 1.807) is 26.0 Å². The molecule has 0 aliphatic carbocycles. The van der Waals surface area contributed by atoms with E-state index in [1.165, 1.54) is 18.2 Å². The minimum absolute atomic E-state index is 0.0824. The number of aliphatic hydroxyl groups excluding tert-OH is 1. The average Bonchev–Trinajstić information content (AvgIpc) is 2.56. The van der Waals surface area contributed by atoms with Crippen LogP contribution in [0, 0.1) is 0 Å². The molecule has 0 spiro atoms. The van der Waals surface area contributed by atoms with Crippen molar-refractivity contribution >= 4 is 5.78 Å². The summed E-state index contributed by atoms with van der Waals surface area (Å²) in [5, 5.41) is 30.2. The summed E-state index contributed by atoms with van der Waals surface area (Å²) < 4.78 is 11.9. The van der Waals surface area contributed by atoms with E-state index in [9.17, 15) is 20.1 Å². The first-order valence-electron chi connectivity index (χ1n) is 8.51. The number of carbonyl (C=O) groups excluding carboxylic acids is 1. The van der Waals surface area contributed by atoms with Gasteiger partial charge in [0.25, 0.3) is 0 Å². The third-order valence-electron chi connectivity index (χ3n) is 5.07. The number of carbonyl (C=O) groups is 1. The average molecular weight is 356 g/mol. The molecule has 6 nitrogen and oxygen atoms in total. The summed E-state index contributed by atoms with van der Waals surface area (Å²) in [7, 11) is 0. The Labute approximate surface area is 150 Å². The van der Waals surface area contributed by atoms with Crippen molar-refractivity contribution in [3.63, 3.8) is 0 Å². The minimum Gasteiger partial charge on any atom is -0.508 e. The molecule has 0 saturated carbocycles. The maximum Gasteiger partial charge on any atom is 0.174 e. The van der Waals surface area contributed by atoms with Gasteiger partial charge in [-0.25, -0.2) is 0 Å². The lowest BCUT2D eigenvalue weighted by atomic mass is 9.87. The number of phenols is 2. The molecule has 136 valence electrons. The number of benzene rings is 2. The van der Waals surface area contributed by atoms with E-state index in [2.05, 4.69) is 0 Å². The Hall–Kier alpha value is -2.73. The van der Waals surface area contributed by atoms with Crippen LogP contribution in [0.5, 0.6) is 23.0 Å². The van der Waals surface area contributed by atoms with E-state index in [0.717, 1.165) is 5.56 Å². The van der Waals surface area contributed by atoms with Crippen molar-refractivity contribution < 1.29 is 29.6 Å². The lowest BCUT2D eigenvalue weighted by Crippen LogP contribution is -2.46. The van der Waals surface area contributed by atoms with E-state index in [4.69, 9.17) is 9.47 Å². The normalized spacial score (nSPS) is 23.4. The largest absolute Gasteiger partial charge is 0.508 e. The SMILES string of the molecule is CC1(C)Oc2cc(O)c3c(c2C[C@H]1O)O[C@H](c1ccc(O)cc1)CC3=O. The van der Waals surface area contributed by atoms with E-state index < -0.39 is 17.8 Å². The zero-order chi connectivity index (χ0) is 18.6. The number of hydrogen-bond donors (Lipinski definition) is 3. The molecule has 2 aliphatic rings. The van der Waals surface area contributed by atoms with Crippen LogP contribution in [0.15, 0.2) is 30.3 Å². The minimum atomic E-state index is -0.803. The maximum absolute atomic E-state index is 12.7. The van der Waals surface area contributed by atoms with Crippen LogP contribution in [-0.4, -0.2) is 32.8 Å². The highest BCUT2D eigenvalue weighted by Gasteiger charge is 2.41. The van der Waals surface area contributed by atoms with Gasteiger partial charge in [-0.1, -0.05) is 12.1 Å². The first kappa shape index (κ1) is 16.7. The van der Waals surface area contributed by atoms with E-state index >= 15 is 0 Å². The number of ketones is 1. The molecule has 0 aromatic heterocycles. The third-order valence-corrected chi connectivity index (χ3v) is 5.07. The number of rotatable bonds is 1. The number of phenolic OH excluding ortho intramolecular Hbond substituents is 2. The van der Waals surface area contributed by atoms with Crippen molar-refractivity contribution in [2.24, 2.45) is 0 Å². The van der Waals surface area contributed by atoms with Gasteiger partial charge < -0.3 is 24.8 Å². The van der Waals surface area contributed by atoms with Crippen LogP contribution in [0.4, 0.5) is 0 Å². The fourth-order valence-electron chi connectivity index (χ4n) is 3.47. The van der Waals surface area contributed by atoms with E-state index in [0.29, 0.717) is 11.3 Å².